The third-order valence-corrected chi connectivity index (χ3v) is 4.95. The highest BCUT2D eigenvalue weighted by Gasteiger charge is 2.09. The first-order valence-electron chi connectivity index (χ1n) is 6.31. The second kappa shape index (κ2) is 5.54. The molecule has 0 saturated heterocycles. The van der Waals surface area contributed by atoms with E-state index in [9.17, 15) is 0 Å². The number of imidazole rings is 1. The van der Waals surface area contributed by atoms with Crippen LogP contribution in [0.2, 0.25) is 0 Å². The van der Waals surface area contributed by atoms with E-state index in [1.807, 2.05) is 24.3 Å². The van der Waals surface area contributed by atoms with Crippen LogP contribution in [0, 0.1) is 12.3 Å². The highest BCUT2D eigenvalue weighted by Crippen LogP contribution is 2.33. The summed E-state index contributed by atoms with van der Waals surface area (Å²) in [7, 11) is 0. The maximum atomic E-state index is 7.45. The Morgan fingerprint density at radius 1 is 1.29 bits per heavy atom. The van der Waals surface area contributed by atoms with E-state index in [1.54, 1.807) is 11.8 Å². The van der Waals surface area contributed by atoms with Gasteiger partial charge in [-0.05, 0) is 52.7 Å². The van der Waals surface area contributed by atoms with Crippen molar-refractivity contribution in [3.63, 3.8) is 0 Å². The van der Waals surface area contributed by atoms with Crippen LogP contribution in [0.5, 0.6) is 0 Å². The van der Waals surface area contributed by atoms with Gasteiger partial charge in [-0.25, -0.2) is 4.98 Å². The number of nitrogen functional groups attached to an aromatic ring is 1. The molecule has 0 fully saturated rings. The number of rotatable bonds is 3. The van der Waals surface area contributed by atoms with Gasteiger partial charge in [0, 0.05) is 14.9 Å². The number of hydrogen-bond acceptors (Lipinski definition) is 3. The number of aromatic amines is 1. The maximum absolute atomic E-state index is 7.45. The molecule has 0 spiro atoms. The average molecular weight is 361 g/mol. The minimum absolute atomic E-state index is 0.0615. The number of hydrogen-bond donors (Lipinski definition) is 3. The van der Waals surface area contributed by atoms with E-state index < -0.39 is 0 Å². The van der Waals surface area contributed by atoms with Crippen molar-refractivity contribution in [1.29, 1.82) is 5.41 Å². The van der Waals surface area contributed by atoms with E-state index in [0.717, 1.165) is 25.6 Å². The SMILES string of the molecule is Cc1ccc2nc(Sc3ccc(C(=N)N)cc3Br)[nH]c2c1. The number of aromatic nitrogens is 2. The second-order valence-corrected chi connectivity index (χ2v) is 6.61. The predicted octanol–water partition coefficient (Wildman–Crippen LogP) is 4.07. The van der Waals surface area contributed by atoms with Crippen molar-refractivity contribution in [2.45, 2.75) is 17.0 Å². The van der Waals surface area contributed by atoms with Crippen LogP contribution in [0.1, 0.15) is 11.1 Å². The van der Waals surface area contributed by atoms with Gasteiger partial charge in [0.05, 0.1) is 11.0 Å². The number of aryl methyl sites for hydroxylation is 1. The quantitative estimate of drug-likeness (QED) is 0.486. The lowest BCUT2D eigenvalue weighted by Crippen LogP contribution is -2.10. The monoisotopic (exact) mass is 360 g/mol. The zero-order chi connectivity index (χ0) is 15.0. The summed E-state index contributed by atoms with van der Waals surface area (Å²) in [6, 6.07) is 11.8. The van der Waals surface area contributed by atoms with Gasteiger partial charge in [0.2, 0.25) is 0 Å². The first-order chi connectivity index (χ1) is 10.0. The van der Waals surface area contributed by atoms with Crippen LogP contribution in [-0.4, -0.2) is 15.8 Å². The number of fused-ring (bicyclic) bond motifs is 1. The summed E-state index contributed by atoms with van der Waals surface area (Å²) in [5, 5.41) is 8.29. The highest BCUT2D eigenvalue weighted by atomic mass is 79.9. The lowest BCUT2D eigenvalue weighted by Gasteiger charge is -2.04. The van der Waals surface area contributed by atoms with E-state index >= 15 is 0 Å². The summed E-state index contributed by atoms with van der Waals surface area (Å²) in [6.07, 6.45) is 0. The Morgan fingerprint density at radius 2 is 2.10 bits per heavy atom. The largest absolute Gasteiger partial charge is 0.384 e. The molecule has 0 saturated carbocycles. The molecule has 106 valence electrons. The molecule has 4 nitrogen and oxygen atoms in total. The lowest BCUT2D eigenvalue weighted by molar-refractivity contribution is 1.08. The molecule has 1 heterocycles. The maximum Gasteiger partial charge on any atom is 0.171 e. The van der Waals surface area contributed by atoms with Crippen LogP contribution in [0.3, 0.4) is 0 Å². The zero-order valence-corrected chi connectivity index (χ0v) is 13.7. The predicted molar refractivity (Wildman–Crippen MR) is 90.1 cm³/mol. The fraction of sp³-hybridized carbons (Fsp3) is 0.0667. The Hall–Kier alpha value is -1.79. The highest BCUT2D eigenvalue weighted by molar-refractivity contribution is 9.10. The Balaban J connectivity index is 1.93. The van der Waals surface area contributed by atoms with Crippen LogP contribution in [-0.2, 0) is 0 Å². The second-order valence-electron chi connectivity index (χ2n) is 4.72. The smallest absolute Gasteiger partial charge is 0.171 e. The lowest BCUT2D eigenvalue weighted by atomic mass is 10.2. The third-order valence-electron chi connectivity index (χ3n) is 3.07. The molecule has 0 aliphatic heterocycles. The molecule has 0 amide bonds. The number of H-pyrrole nitrogens is 1. The number of halogens is 1. The van der Waals surface area contributed by atoms with E-state index in [4.69, 9.17) is 11.1 Å². The van der Waals surface area contributed by atoms with E-state index in [1.165, 1.54) is 5.56 Å². The van der Waals surface area contributed by atoms with Gasteiger partial charge in [-0.2, -0.15) is 0 Å². The van der Waals surface area contributed by atoms with Crippen molar-refractivity contribution in [2.24, 2.45) is 5.73 Å². The number of nitrogens with two attached hydrogens (primary N) is 1. The van der Waals surface area contributed by atoms with Gasteiger partial charge in [-0.1, -0.05) is 23.9 Å². The number of benzene rings is 2. The summed E-state index contributed by atoms with van der Waals surface area (Å²) in [6.45, 7) is 2.06. The van der Waals surface area contributed by atoms with E-state index in [0.29, 0.717) is 5.56 Å². The average Bonchev–Trinajstić information content (AvgIpc) is 2.82. The summed E-state index contributed by atoms with van der Waals surface area (Å²) < 4.78 is 0.900. The summed E-state index contributed by atoms with van der Waals surface area (Å²) in [5.74, 6) is 0.0615. The molecule has 0 aliphatic rings. The van der Waals surface area contributed by atoms with Gasteiger partial charge < -0.3 is 10.7 Å². The minimum atomic E-state index is 0.0615. The summed E-state index contributed by atoms with van der Waals surface area (Å²) >= 11 is 5.06. The number of nitrogens with one attached hydrogen (secondary N) is 2. The van der Waals surface area contributed by atoms with Gasteiger partial charge in [0.1, 0.15) is 5.84 Å². The fourth-order valence-electron chi connectivity index (χ4n) is 2.00. The molecule has 0 radical (unpaired) electrons. The van der Waals surface area contributed by atoms with Crippen molar-refractivity contribution >= 4 is 44.6 Å². The summed E-state index contributed by atoms with van der Waals surface area (Å²) in [5.41, 5.74) is 9.39. The molecule has 3 rings (SSSR count). The minimum Gasteiger partial charge on any atom is -0.384 e. The molecule has 0 aliphatic carbocycles. The Kier molecular flexibility index (Phi) is 3.73. The van der Waals surface area contributed by atoms with Crippen LogP contribution < -0.4 is 5.73 Å². The van der Waals surface area contributed by atoms with E-state index in [2.05, 4.69) is 45.0 Å². The van der Waals surface area contributed by atoms with Crippen molar-refractivity contribution in [3.8, 4) is 0 Å². The van der Waals surface area contributed by atoms with Crippen LogP contribution in [0.25, 0.3) is 11.0 Å². The van der Waals surface area contributed by atoms with Crippen molar-refractivity contribution < 1.29 is 0 Å². The molecule has 6 heteroatoms. The molecule has 0 bridgehead atoms. The van der Waals surface area contributed by atoms with Gasteiger partial charge >= 0.3 is 0 Å². The molecule has 0 unspecified atom stereocenters. The Labute approximate surface area is 134 Å². The molecule has 2 aromatic carbocycles. The van der Waals surface area contributed by atoms with Crippen LogP contribution in [0.4, 0.5) is 0 Å². The van der Waals surface area contributed by atoms with Crippen molar-refractivity contribution in [1.82, 2.24) is 9.97 Å². The number of amidine groups is 1. The normalized spacial score (nSPS) is 11.0. The van der Waals surface area contributed by atoms with Crippen LogP contribution >= 0.6 is 27.7 Å². The van der Waals surface area contributed by atoms with Gasteiger partial charge in [0.15, 0.2) is 5.16 Å². The first-order valence-corrected chi connectivity index (χ1v) is 7.92. The van der Waals surface area contributed by atoms with Crippen molar-refractivity contribution in [2.75, 3.05) is 0 Å². The van der Waals surface area contributed by atoms with Gasteiger partial charge in [-0.3, -0.25) is 5.41 Å². The summed E-state index contributed by atoms with van der Waals surface area (Å²) in [4.78, 5) is 8.90. The van der Waals surface area contributed by atoms with Gasteiger partial charge in [-0.15, -0.1) is 0 Å². The van der Waals surface area contributed by atoms with Crippen molar-refractivity contribution in [3.05, 3.63) is 52.0 Å². The molecule has 21 heavy (non-hydrogen) atoms. The molecular weight excluding hydrogens is 348 g/mol. The van der Waals surface area contributed by atoms with Crippen LogP contribution in [0.15, 0.2) is 50.9 Å². The topological polar surface area (TPSA) is 78.6 Å². The van der Waals surface area contributed by atoms with E-state index in [-0.39, 0.29) is 5.84 Å². The molecule has 3 aromatic rings. The zero-order valence-electron chi connectivity index (χ0n) is 11.3. The Bertz CT molecular complexity index is 841. The van der Waals surface area contributed by atoms with Gasteiger partial charge in [0.25, 0.3) is 0 Å². The third kappa shape index (κ3) is 2.96. The molecule has 4 N–H and O–H groups in total. The number of nitrogens with zero attached hydrogens (tertiary/aromatic N) is 1. The first kappa shape index (κ1) is 14.2. The molecule has 0 atom stereocenters. The Morgan fingerprint density at radius 3 is 2.81 bits per heavy atom. The molecule has 1 aromatic heterocycles. The standard InChI is InChI=1S/C15H13BrN4S/c1-8-2-4-11-12(6-8)20-15(19-11)21-13-5-3-9(14(17)18)7-10(13)16/h2-7H,1H3,(H3,17,18)(H,19,20). The fourth-order valence-corrected chi connectivity index (χ4v) is 3.43. The molecular formula is C15H13BrN4S.